The zero-order chi connectivity index (χ0) is 16.2. The van der Waals surface area contributed by atoms with Gasteiger partial charge in [-0.15, -0.1) is 0 Å². The Morgan fingerprint density at radius 1 is 1.04 bits per heavy atom. The quantitative estimate of drug-likeness (QED) is 0.776. The monoisotopic (exact) mass is 306 g/mol. The summed E-state index contributed by atoms with van der Waals surface area (Å²) in [6.07, 6.45) is -0.385. The Hall–Kier alpha value is -2.39. The maximum Gasteiger partial charge on any atom is 0.0708 e. The van der Waals surface area contributed by atoms with Gasteiger partial charge in [0, 0.05) is 29.9 Å². The number of hydrogen-bond donors (Lipinski definition) is 1. The Bertz CT molecular complexity index is 784. The number of aromatic nitrogens is 1. The molecule has 0 amide bonds. The van der Waals surface area contributed by atoms with Crippen LogP contribution in [0, 0.1) is 6.92 Å². The van der Waals surface area contributed by atoms with Gasteiger partial charge >= 0.3 is 0 Å². The summed E-state index contributed by atoms with van der Waals surface area (Å²) in [5.41, 5.74) is 4.39. The third kappa shape index (κ3) is 3.69. The molecule has 0 aliphatic rings. The number of pyridine rings is 1. The lowest BCUT2D eigenvalue weighted by molar-refractivity contribution is 0.199. The summed E-state index contributed by atoms with van der Waals surface area (Å²) < 4.78 is 0. The summed E-state index contributed by atoms with van der Waals surface area (Å²) in [6, 6.07) is 20.6. The normalized spacial score (nSPS) is 12.3. The molecule has 1 heterocycles. The maximum absolute atomic E-state index is 9.88. The van der Waals surface area contributed by atoms with Gasteiger partial charge in [-0.1, -0.05) is 36.4 Å². The van der Waals surface area contributed by atoms with Crippen LogP contribution in [0.5, 0.6) is 0 Å². The lowest BCUT2D eigenvalue weighted by Gasteiger charge is -2.27. The molecule has 1 atom stereocenters. The number of nitrogens with zero attached hydrogens (tertiary/aromatic N) is 2. The minimum Gasteiger partial charge on any atom is -0.392 e. The van der Waals surface area contributed by atoms with Crippen molar-refractivity contribution in [3.63, 3.8) is 0 Å². The van der Waals surface area contributed by atoms with Gasteiger partial charge in [0.25, 0.3) is 0 Å². The van der Waals surface area contributed by atoms with Crippen LogP contribution in [0.1, 0.15) is 18.2 Å². The van der Waals surface area contributed by atoms with Crippen LogP contribution >= 0.6 is 0 Å². The van der Waals surface area contributed by atoms with Crippen molar-refractivity contribution in [2.45, 2.75) is 26.5 Å². The van der Waals surface area contributed by atoms with Crippen LogP contribution in [0.3, 0.4) is 0 Å². The first-order valence-corrected chi connectivity index (χ1v) is 7.97. The smallest absolute Gasteiger partial charge is 0.0708 e. The predicted molar refractivity (Wildman–Crippen MR) is 95.7 cm³/mol. The highest BCUT2D eigenvalue weighted by molar-refractivity contribution is 5.82. The van der Waals surface area contributed by atoms with Crippen LogP contribution in [-0.4, -0.2) is 22.7 Å². The van der Waals surface area contributed by atoms with Crippen molar-refractivity contribution in [3.05, 3.63) is 71.9 Å². The largest absolute Gasteiger partial charge is 0.392 e. The second kappa shape index (κ2) is 6.80. The van der Waals surface area contributed by atoms with E-state index in [1.807, 2.05) is 50.2 Å². The number of aryl methyl sites for hydroxylation is 1. The highest BCUT2D eigenvalue weighted by Gasteiger charge is 2.12. The molecule has 2 aromatic carbocycles. The molecule has 0 saturated heterocycles. The third-order valence-corrected chi connectivity index (χ3v) is 3.90. The maximum atomic E-state index is 9.88. The molecule has 0 aliphatic carbocycles. The average Bonchev–Trinajstić information content (AvgIpc) is 2.54. The molecule has 0 bridgehead atoms. The van der Waals surface area contributed by atoms with E-state index in [1.165, 1.54) is 10.9 Å². The zero-order valence-corrected chi connectivity index (χ0v) is 13.6. The van der Waals surface area contributed by atoms with E-state index in [2.05, 4.69) is 34.1 Å². The molecule has 3 rings (SSSR count). The van der Waals surface area contributed by atoms with E-state index in [9.17, 15) is 5.11 Å². The molecule has 1 N–H and O–H groups in total. The minimum atomic E-state index is -0.385. The molecular formula is C20H22N2O. The van der Waals surface area contributed by atoms with Crippen molar-refractivity contribution < 1.29 is 5.11 Å². The standard InChI is InChI=1S/C20H22N2O/c1-15-12-17(19-10-6-7-11-20(19)21-15)14-22(13-16(2)23)18-8-4-3-5-9-18/h3-12,16,23H,13-14H2,1-2H3/t16-/m0/s1. The number of fused-ring (bicyclic) bond motifs is 1. The van der Waals surface area contributed by atoms with E-state index in [0.717, 1.165) is 23.4 Å². The van der Waals surface area contributed by atoms with Crippen LogP contribution in [0.4, 0.5) is 5.69 Å². The molecule has 118 valence electrons. The summed E-state index contributed by atoms with van der Waals surface area (Å²) in [4.78, 5) is 6.82. The van der Waals surface area contributed by atoms with Gasteiger partial charge in [-0.3, -0.25) is 4.98 Å². The van der Waals surface area contributed by atoms with E-state index in [0.29, 0.717) is 6.54 Å². The van der Waals surface area contributed by atoms with Crippen molar-refractivity contribution in [3.8, 4) is 0 Å². The predicted octanol–water partition coefficient (Wildman–Crippen LogP) is 3.93. The summed E-state index contributed by atoms with van der Waals surface area (Å²) in [6.45, 7) is 5.20. The summed E-state index contributed by atoms with van der Waals surface area (Å²) in [5.74, 6) is 0. The number of aliphatic hydroxyl groups excluding tert-OH is 1. The van der Waals surface area contributed by atoms with Crippen molar-refractivity contribution >= 4 is 16.6 Å². The minimum absolute atomic E-state index is 0.385. The first-order valence-electron chi connectivity index (χ1n) is 7.97. The molecule has 23 heavy (non-hydrogen) atoms. The molecule has 0 unspecified atom stereocenters. The number of hydrogen-bond acceptors (Lipinski definition) is 3. The van der Waals surface area contributed by atoms with Crippen LogP contribution in [-0.2, 0) is 6.54 Å². The fourth-order valence-corrected chi connectivity index (χ4v) is 2.95. The van der Waals surface area contributed by atoms with Gasteiger partial charge in [-0.25, -0.2) is 0 Å². The van der Waals surface area contributed by atoms with Gasteiger partial charge in [0.15, 0.2) is 0 Å². The molecule has 0 spiro atoms. The average molecular weight is 306 g/mol. The highest BCUT2D eigenvalue weighted by Crippen LogP contribution is 2.23. The van der Waals surface area contributed by atoms with Crippen LogP contribution in [0.2, 0.25) is 0 Å². The lowest BCUT2D eigenvalue weighted by Crippen LogP contribution is -2.30. The topological polar surface area (TPSA) is 36.4 Å². The number of para-hydroxylation sites is 2. The molecular weight excluding hydrogens is 284 g/mol. The van der Waals surface area contributed by atoms with E-state index in [-0.39, 0.29) is 6.10 Å². The second-order valence-corrected chi connectivity index (χ2v) is 6.01. The molecule has 0 aliphatic heterocycles. The number of benzene rings is 2. The molecule has 3 nitrogen and oxygen atoms in total. The van der Waals surface area contributed by atoms with Gasteiger partial charge in [0.1, 0.15) is 0 Å². The Morgan fingerprint density at radius 2 is 1.74 bits per heavy atom. The fraction of sp³-hybridized carbons (Fsp3) is 0.250. The van der Waals surface area contributed by atoms with Crippen molar-refractivity contribution in [1.29, 1.82) is 0 Å². The Morgan fingerprint density at radius 3 is 2.48 bits per heavy atom. The highest BCUT2D eigenvalue weighted by atomic mass is 16.3. The van der Waals surface area contributed by atoms with Crippen molar-refractivity contribution in [1.82, 2.24) is 4.98 Å². The number of aliphatic hydroxyl groups is 1. The number of rotatable bonds is 5. The number of anilines is 1. The van der Waals surface area contributed by atoms with Gasteiger partial charge in [-0.05, 0) is 43.7 Å². The van der Waals surface area contributed by atoms with E-state index < -0.39 is 0 Å². The fourth-order valence-electron chi connectivity index (χ4n) is 2.95. The third-order valence-electron chi connectivity index (χ3n) is 3.90. The Kier molecular flexibility index (Phi) is 4.58. The molecule has 0 saturated carbocycles. The van der Waals surface area contributed by atoms with Crippen LogP contribution in [0.25, 0.3) is 10.9 Å². The van der Waals surface area contributed by atoms with Gasteiger partial charge < -0.3 is 10.0 Å². The molecule has 3 heteroatoms. The second-order valence-electron chi connectivity index (χ2n) is 6.01. The lowest BCUT2D eigenvalue weighted by atomic mass is 10.1. The SMILES string of the molecule is Cc1cc(CN(C[C@H](C)O)c2ccccc2)c2ccccc2n1. The molecule has 0 fully saturated rings. The Balaban J connectivity index is 2.00. The van der Waals surface area contributed by atoms with Crippen molar-refractivity contribution in [2.24, 2.45) is 0 Å². The van der Waals surface area contributed by atoms with Crippen LogP contribution < -0.4 is 4.90 Å². The van der Waals surface area contributed by atoms with Gasteiger partial charge in [0.2, 0.25) is 0 Å². The van der Waals surface area contributed by atoms with Gasteiger partial charge in [-0.2, -0.15) is 0 Å². The van der Waals surface area contributed by atoms with E-state index in [4.69, 9.17) is 0 Å². The van der Waals surface area contributed by atoms with E-state index in [1.54, 1.807) is 0 Å². The first kappa shape index (κ1) is 15.5. The van der Waals surface area contributed by atoms with Gasteiger partial charge in [0.05, 0.1) is 11.6 Å². The molecule has 3 aromatic rings. The summed E-state index contributed by atoms with van der Waals surface area (Å²) in [5, 5.41) is 11.0. The summed E-state index contributed by atoms with van der Waals surface area (Å²) in [7, 11) is 0. The van der Waals surface area contributed by atoms with E-state index >= 15 is 0 Å². The molecule has 0 radical (unpaired) electrons. The summed E-state index contributed by atoms with van der Waals surface area (Å²) >= 11 is 0. The Labute approximate surface area is 137 Å². The van der Waals surface area contributed by atoms with Crippen LogP contribution in [0.15, 0.2) is 60.7 Å². The first-order chi connectivity index (χ1) is 11.1. The van der Waals surface area contributed by atoms with Crippen molar-refractivity contribution in [2.75, 3.05) is 11.4 Å². The zero-order valence-electron chi connectivity index (χ0n) is 13.6. The molecule has 1 aromatic heterocycles.